The smallest absolute Gasteiger partial charge is 0.308 e. The first kappa shape index (κ1) is 14.3. The van der Waals surface area contributed by atoms with Gasteiger partial charge in [-0.2, -0.15) is 0 Å². The molecule has 2 atom stereocenters. The van der Waals surface area contributed by atoms with E-state index in [4.69, 9.17) is 0 Å². The number of aromatic nitrogens is 1. The molecule has 0 bridgehead atoms. The summed E-state index contributed by atoms with van der Waals surface area (Å²) in [5.41, 5.74) is 1.69. The van der Waals surface area contributed by atoms with Crippen molar-refractivity contribution in [1.29, 1.82) is 0 Å². The van der Waals surface area contributed by atoms with Crippen LogP contribution in [0.5, 0.6) is 0 Å². The van der Waals surface area contributed by atoms with E-state index in [1.54, 1.807) is 4.90 Å². The number of carbonyl (C=O) groups is 2. The molecule has 1 aromatic heterocycles. The number of hydrogen-bond acceptors (Lipinski definition) is 2. The van der Waals surface area contributed by atoms with Crippen LogP contribution in [0.15, 0.2) is 30.5 Å². The summed E-state index contributed by atoms with van der Waals surface area (Å²) in [5.74, 6) is -0.624. The highest BCUT2D eigenvalue weighted by molar-refractivity contribution is 6.07. The Kier molecular flexibility index (Phi) is 3.18. The van der Waals surface area contributed by atoms with Gasteiger partial charge in [-0.25, -0.2) is 0 Å². The van der Waals surface area contributed by atoms with Gasteiger partial charge < -0.3 is 14.6 Å². The van der Waals surface area contributed by atoms with Crippen molar-refractivity contribution in [2.24, 2.45) is 24.8 Å². The lowest BCUT2D eigenvalue weighted by atomic mass is 9.92. The van der Waals surface area contributed by atoms with Crippen LogP contribution in [0.1, 0.15) is 23.2 Å². The second-order valence-corrected chi connectivity index (χ2v) is 6.83. The summed E-state index contributed by atoms with van der Waals surface area (Å²) in [6, 6.07) is 7.82. The number of likely N-dealkylation sites (tertiary alicyclic amines) is 1. The van der Waals surface area contributed by atoms with Crippen molar-refractivity contribution in [2.75, 3.05) is 13.1 Å². The standard InChI is InChI=1S/C18H20N2O3/c1-19-8-14(12-4-2-3-5-16(12)19)17(21)20-9-13(11-6-7-11)15(10-20)18(22)23/h2-5,8,11,13,15H,6-7,9-10H2,1H3,(H,22,23)/t13-,15+/m1/s1. The lowest BCUT2D eigenvalue weighted by Crippen LogP contribution is -2.29. The first-order valence-corrected chi connectivity index (χ1v) is 8.12. The fourth-order valence-electron chi connectivity index (χ4n) is 3.94. The van der Waals surface area contributed by atoms with Gasteiger partial charge in [-0.3, -0.25) is 9.59 Å². The molecular weight excluding hydrogens is 292 g/mol. The van der Waals surface area contributed by atoms with Crippen LogP contribution in [0.2, 0.25) is 0 Å². The zero-order chi connectivity index (χ0) is 16.1. The van der Waals surface area contributed by atoms with Crippen molar-refractivity contribution >= 4 is 22.8 Å². The molecule has 2 fully saturated rings. The summed E-state index contributed by atoms with van der Waals surface area (Å²) in [6.07, 6.45) is 4.06. The second-order valence-electron chi connectivity index (χ2n) is 6.83. The zero-order valence-corrected chi connectivity index (χ0v) is 13.1. The molecule has 1 saturated carbocycles. The molecule has 0 unspecified atom stereocenters. The average molecular weight is 312 g/mol. The molecule has 2 aliphatic rings. The number of carbonyl (C=O) groups excluding carboxylic acids is 1. The predicted octanol–water partition coefficient (Wildman–Crippen LogP) is 2.36. The molecule has 1 amide bonds. The largest absolute Gasteiger partial charge is 0.481 e. The Balaban J connectivity index is 1.65. The first-order valence-electron chi connectivity index (χ1n) is 8.12. The lowest BCUT2D eigenvalue weighted by molar-refractivity contribution is -0.142. The number of amides is 1. The van der Waals surface area contributed by atoms with E-state index in [-0.39, 0.29) is 11.8 Å². The van der Waals surface area contributed by atoms with Gasteiger partial charge in [0.1, 0.15) is 0 Å². The third-order valence-corrected chi connectivity index (χ3v) is 5.32. The molecule has 1 aromatic carbocycles. The van der Waals surface area contributed by atoms with Crippen molar-refractivity contribution in [1.82, 2.24) is 9.47 Å². The van der Waals surface area contributed by atoms with Gasteiger partial charge in [0.25, 0.3) is 5.91 Å². The van der Waals surface area contributed by atoms with E-state index < -0.39 is 11.9 Å². The van der Waals surface area contributed by atoms with Crippen molar-refractivity contribution in [3.05, 3.63) is 36.0 Å². The van der Waals surface area contributed by atoms with Crippen LogP contribution in [-0.2, 0) is 11.8 Å². The minimum absolute atomic E-state index is 0.0452. The average Bonchev–Trinajstić information content (AvgIpc) is 3.20. The van der Waals surface area contributed by atoms with Gasteiger partial charge >= 0.3 is 5.97 Å². The Morgan fingerprint density at radius 2 is 1.91 bits per heavy atom. The summed E-state index contributed by atoms with van der Waals surface area (Å²) >= 11 is 0. The van der Waals surface area contributed by atoms with Crippen molar-refractivity contribution < 1.29 is 14.7 Å². The Bertz CT molecular complexity index is 791. The van der Waals surface area contributed by atoms with Crippen LogP contribution in [0.4, 0.5) is 0 Å². The number of rotatable bonds is 3. The van der Waals surface area contributed by atoms with E-state index in [1.165, 1.54) is 0 Å². The number of para-hydroxylation sites is 1. The van der Waals surface area contributed by atoms with E-state index in [0.29, 0.717) is 24.6 Å². The van der Waals surface area contributed by atoms with Crippen LogP contribution in [0, 0.1) is 17.8 Å². The van der Waals surface area contributed by atoms with E-state index in [9.17, 15) is 14.7 Å². The third-order valence-electron chi connectivity index (χ3n) is 5.32. The fourth-order valence-corrected chi connectivity index (χ4v) is 3.94. The zero-order valence-electron chi connectivity index (χ0n) is 13.1. The Morgan fingerprint density at radius 1 is 1.17 bits per heavy atom. The molecule has 1 N–H and O–H groups in total. The fraction of sp³-hybridized carbons (Fsp3) is 0.444. The van der Waals surface area contributed by atoms with Crippen molar-refractivity contribution in [3.8, 4) is 0 Å². The van der Waals surface area contributed by atoms with Crippen LogP contribution < -0.4 is 0 Å². The third kappa shape index (κ3) is 2.31. The van der Waals surface area contributed by atoms with Crippen LogP contribution in [-0.4, -0.2) is 39.5 Å². The first-order chi connectivity index (χ1) is 11.1. The molecule has 4 rings (SSSR count). The molecule has 23 heavy (non-hydrogen) atoms. The molecule has 5 heteroatoms. The normalized spacial score (nSPS) is 24.3. The van der Waals surface area contributed by atoms with Gasteiger partial charge in [0.05, 0.1) is 11.5 Å². The topological polar surface area (TPSA) is 62.5 Å². The van der Waals surface area contributed by atoms with E-state index >= 15 is 0 Å². The van der Waals surface area contributed by atoms with Crippen molar-refractivity contribution in [3.63, 3.8) is 0 Å². The minimum atomic E-state index is -0.768. The van der Waals surface area contributed by atoms with Crippen LogP contribution in [0.25, 0.3) is 10.9 Å². The van der Waals surface area contributed by atoms with Gasteiger partial charge in [-0.1, -0.05) is 18.2 Å². The van der Waals surface area contributed by atoms with Gasteiger partial charge in [0.2, 0.25) is 0 Å². The number of fused-ring (bicyclic) bond motifs is 1. The number of hydrogen-bond donors (Lipinski definition) is 1. The highest BCUT2D eigenvalue weighted by Gasteiger charge is 2.47. The number of benzene rings is 1. The SMILES string of the molecule is Cn1cc(C(=O)N2C[C@H](C(=O)O)[C@@H](C3CC3)C2)c2ccccc21. The Labute approximate surface area is 134 Å². The van der Waals surface area contributed by atoms with Crippen molar-refractivity contribution in [2.45, 2.75) is 12.8 Å². The summed E-state index contributed by atoms with van der Waals surface area (Å²) in [5, 5.41) is 10.4. The van der Waals surface area contributed by atoms with E-state index in [0.717, 1.165) is 23.7 Å². The lowest BCUT2D eigenvalue weighted by Gasteiger charge is -2.15. The van der Waals surface area contributed by atoms with Crippen LogP contribution in [0.3, 0.4) is 0 Å². The number of carboxylic acids is 1. The van der Waals surface area contributed by atoms with E-state index in [2.05, 4.69) is 0 Å². The van der Waals surface area contributed by atoms with E-state index in [1.807, 2.05) is 42.1 Å². The second kappa shape index (κ2) is 5.11. The molecule has 5 nitrogen and oxygen atoms in total. The van der Waals surface area contributed by atoms with Crippen LogP contribution >= 0.6 is 0 Å². The van der Waals surface area contributed by atoms with Gasteiger partial charge in [0.15, 0.2) is 0 Å². The molecule has 120 valence electrons. The maximum Gasteiger partial charge on any atom is 0.308 e. The highest BCUT2D eigenvalue weighted by Crippen LogP contribution is 2.44. The Morgan fingerprint density at radius 3 is 2.61 bits per heavy atom. The number of aliphatic carboxylic acids is 1. The van der Waals surface area contributed by atoms with Gasteiger partial charge in [-0.05, 0) is 30.7 Å². The summed E-state index contributed by atoms with van der Waals surface area (Å²) in [6.45, 7) is 0.905. The quantitative estimate of drug-likeness (QED) is 0.946. The molecule has 2 heterocycles. The number of nitrogens with zero attached hydrogens (tertiary/aromatic N) is 2. The molecule has 0 radical (unpaired) electrons. The molecule has 2 aromatic rings. The molecular formula is C18H20N2O3. The predicted molar refractivity (Wildman–Crippen MR) is 86.2 cm³/mol. The summed E-state index contributed by atoms with van der Waals surface area (Å²) < 4.78 is 1.95. The Hall–Kier alpha value is -2.30. The van der Waals surface area contributed by atoms with Gasteiger partial charge in [-0.15, -0.1) is 0 Å². The maximum atomic E-state index is 13.0. The maximum absolute atomic E-state index is 13.0. The monoisotopic (exact) mass is 312 g/mol. The highest BCUT2D eigenvalue weighted by atomic mass is 16.4. The number of carboxylic acid groups (broad SMARTS) is 1. The molecule has 1 aliphatic carbocycles. The summed E-state index contributed by atoms with van der Waals surface area (Å²) in [4.78, 5) is 26.2. The molecule has 1 aliphatic heterocycles. The minimum Gasteiger partial charge on any atom is -0.481 e. The van der Waals surface area contributed by atoms with Gasteiger partial charge in [0, 0.05) is 37.2 Å². The number of aryl methyl sites for hydroxylation is 1. The summed E-state index contributed by atoms with van der Waals surface area (Å²) in [7, 11) is 1.93. The molecule has 1 saturated heterocycles. The molecule has 0 spiro atoms.